The molecule has 0 radical (unpaired) electrons. The van der Waals surface area contributed by atoms with Crippen molar-refractivity contribution in [2.45, 2.75) is 246 Å². The number of aliphatic hydroxyl groups excluding tert-OH is 10. The molecule has 0 bridgehead atoms. The zero-order valence-corrected chi connectivity index (χ0v) is 42.6. The van der Waals surface area contributed by atoms with Crippen molar-refractivity contribution in [2.75, 3.05) is 13.2 Å². The second-order valence-electron chi connectivity index (χ2n) is 23.9. The summed E-state index contributed by atoms with van der Waals surface area (Å²) in [5, 5.41) is 122. The predicted molar refractivity (Wildman–Crippen MR) is 246 cm³/mol. The minimum Gasteiger partial charge on any atom is -0.394 e. The van der Waals surface area contributed by atoms with E-state index in [0.29, 0.717) is 50.2 Å². The highest BCUT2D eigenvalue weighted by Crippen LogP contribution is 2.74. The highest BCUT2D eigenvalue weighted by atomic mass is 16.8. The Morgan fingerprint density at radius 2 is 1.21 bits per heavy atom. The van der Waals surface area contributed by atoms with E-state index in [4.69, 9.17) is 47.4 Å². The van der Waals surface area contributed by atoms with E-state index in [9.17, 15) is 61.0 Å². The minimum atomic E-state index is -1.89. The third-order valence-electron chi connectivity index (χ3n) is 19.9. The fourth-order valence-electron chi connectivity index (χ4n) is 15.4. The summed E-state index contributed by atoms with van der Waals surface area (Å²) in [6, 6.07) is 0. The van der Waals surface area contributed by atoms with Crippen LogP contribution in [0.1, 0.15) is 99.8 Å². The van der Waals surface area contributed by atoms with Crippen LogP contribution in [0.4, 0.5) is 0 Å². The number of carbonyl (C=O) groups excluding carboxylic acids is 1. The van der Waals surface area contributed by atoms with Crippen LogP contribution < -0.4 is 0 Å². The molecule has 22 heteroatoms. The highest BCUT2D eigenvalue weighted by Gasteiger charge is 2.77. The zero-order chi connectivity index (χ0) is 52.6. The van der Waals surface area contributed by atoms with Gasteiger partial charge in [-0.25, -0.2) is 0 Å². The number of carbonyl (C=O) groups is 1. The van der Waals surface area contributed by atoms with E-state index in [-0.39, 0.29) is 29.1 Å². The van der Waals surface area contributed by atoms with Gasteiger partial charge >= 0.3 is 0 Å². The molecule has 0 amide bonds. The molecule has 73 heavy (non-hydrogen) atoms. The molecule has 6 aliphatic heterocycles. The smallest absolute Gasteiger partial charge is 0.187 e. The summed E-state index contributed by atoms with van der Waals surface area (Å²) in [5.41, 5.74) is -0.443. The number of hydrogen-bond donors (Lipinski definition) is 11. The molecule has 6 heterocycles. The van der Waals surface area contributed by atoms with Crippen LogP contribution >= 0.6 is 0 Å². The van der Waals surface area contributed by atoms with Crippen LogP contribution in [0.3, 0.4) is 0 Å². The van der Waals surface area contributed by atoms with Gasteiger partial charge in [-0.3, -0.25) is 4.79 Å². The number of hydrogen-bond acceptors (Lipinski definition) is 22. The number of allylic oxidation sites excluding steroid dienone is 1. The summed E-state index contributed by atoms with van der Waals surface area (Å²) in [4.78, 5) is 13.5. The summed E-state index contributed by atoms with van der Waals surface area (Å²) >= 11 is 0. The van der Waals surface area contributed by atoms with Crippen LogP contribution in [-0.2, 0) is 52.2 Å². The van der Waals surface area contributed by atoms with Gasteiger partial charge in [0.05, 0.1) is 43.7 Å². The maximum Gasteiger partial charge on any atom is 0.187 e. The molecule has 0 aromatic rings. The van der Waals surface area contributed by atoms with Crippen LogP contribution in [0.25, 0.3) is 0 Å². The number of ether oxygens (including phenoxy) is 10. The fourth-order valence-corrected chi connectivity index (χ4v) is 15.4. The van der Waals surface area contributed by atoms with E-state index in [1.807, 2.05) is 0 Å². The van der Waals surface area contributed by atoms with E-state index >= 15 is 0 Å². The molecule has 31 unspecified atom stereocenters. The van der Waals surface area contributed by atoms with Crippen LogP contribution in [0.2, 0.25) is 0 Å². The summed E-state index contributed by atoms with van der Waals surface area (Å²) in [6.07, 6.45) is -25.7. The van der Waals surface area contributed by atoms with Gasteiger partial charge < -0.3 is 104 Å². The Kier molecular flexibility index (Phi) is 15.1. The molecule has 0 aromatic carbocycles. The maximum absolute atomic E-state index is 13.5. The maximum atomic E-state index is 13.5. The minimum absolute atomic E-state index is 0.0473. The topological polar surface area (TPSA) is 332 Å². The van der Waals surface area contributed by atoms with Gasteiger partial charge in [-0.15, -0.1) is 0 Å². The summed E-state index contributed by atoms with van der Waals surface area (Å²) < 4.78 is 61.8. The third-order valence-corrected chi connectivity index (χ3v) is 19.9. The molecule has 9 fully saturated rings. The first kappa shape index (κ1) is 54.9. The molecule has 3 saturated carbocycles. The van der Waals surface area contributed by atoms with Gasteiger partial charge in [-0.05, 0) is 100 Å². The van der Waals surface area contributed by atoms with E-state index in [1.165, 1.54) is 20.8 Å². The lowest BCUT2D eigenvalue weighted by Crippen LogP contribution is -2.67. The van der Waals surface area contributed by atoms with Gasteiger partial charge in [0.2, 0.25) is 0 Å². The highest BCUT2D eigenvalue weighted by molar-refractivity contribution is 5.78. The van der Waals surface area contributed by atoms with Crippen molar-refractivity contribution in [1.29, 1.82) is 0 Å². The van der Waals surface area contributed by atoms with Gasteiger partial charge in [0.25, 0.3) is 0 Å². The van der Waals surface area contributed by atoms with E-state index in [0.717, 1.165) is 31.1 Å². The second kappa shape index (κ2) is 20.0. The summed E-state index contributed by atoms with van der Waals surface area (Å²) in [5.74, 6) is -0.793. The van der Waals surface area contributed by atoms with Crippen molar-refractivity contribution >= 4 is 6.29 Å². The molecule has 31 atom stereocenters. The van der Waals surface area contributed by atoms with Gasteiger partial charge in [0.15, 0.2) is 30.9 Å². The quantitative estimate of drug-likeness (QED) is 0.110. The van der Waals surface area contributed by atoms with Crippen molar-refractivity contribution in [3.63, 3.8) is 0 Å². The van der Waals surface area contributed by atoms with Crippen molar-refractivity contribution in [2.24, 2.45) is 40.4 Å². The van der Waals surface area contributed by atoms with Crippen molar-refractivity contribution in [3.05, 3.63) is 11.1 Å². The molecule has 22 nitrogen and oxygen atoms in total. The Balaban J connectivity index is 0.880. The number of aldehydes is 1. The predicted octanol–water partition coefficient (Wildman–Crippen LogP) is -1.61. The molecule has 1 spiro atoms. The van der Waals surface area contributed by atoms with Gasteiger partial charge in [-0.1, -0.05) is 33.3 Å². The van der Waals surface area contributed by atoms with Crippen LogP contribution in [0, 0.1) is 40.4 Å². The second-order valence-corrected chi connectivity index (χ2v) is 23.9. The number of aliphatic hydroxyl groups is 11. The number of fused-ring (bicyclic) bond motifs is 7. The number of rotatable bonds is 10. The molecule has 10 aliphatic rings. The zero-order valence-electron chi connectivity index (χ0n) is 42.6. The SMILES string of the molecule is CC1CCC2(OC1)OC1CC3C4C(C=O)=C5CC(OC6OC(CO)C(OC7OC(C)C(OC8OC(C)C(O)C(O)C8O)C(O)C7O)C(O)C6OC6OC(C)C(O)C(O)C6O)CCC5(C)C4CCC3(C)C1(O)C2C. The lowest BCUT2D eigenvalue weighted by atomic mass is 9.51. The first-order chi connectivity index (χ1) is 34.4. The standard InChI is InChI=1S/C51H80O22/c1-19-8-13-50(64-18-19)23(5)51(63)30(73-50)15-28-31-25(16-52)27-14-24(9-11-48(27,6)26(31)10-12-49(28,51)7)68-47-43(72-45-38(60)35(57)33(55)21(3)66-45)40(62)42(29(17-53)69-47)71-46-39(61)36(58)41(22(4)67-46)70-44-37(59)34(56)32(54)20(2)65-44/h16,19-24,26,28-47,53-63H,8-15,17-18H2,1-7H3. The molecule has 11 N–H and O–H groups in total. The van der Waals surface area contributed by atoms with E-state index in [1.54, 1.807) is 0 Å². The van der Waals surface area contributed by atoms with Crippen LogP contribution in [0.5, 0.6) is 0 Å². The molecule has 6 saturated heterocycles. The summed E-state index contributed by atoms with van der Waals surface area (Å²) in [6.45, 7) is 12.8. The molecule has 10 rings (SSSR count). The Morgan fingerprint density at radius 3 is 1.79 bits per heavy atom. The molecule has 4 aliphatic carbocycles. The molecular weight excluding hydrogens is 965 g/mol. The normalized spacial score (nSPS) is 58.1. The lowest BCUT2D eigenvalue weighted by molar-refractivity contribution is -0.394. The first-order valence-corrected chi connectivity index (χ1v) is 26.6. The monoisotopic (exact) mass is 1040 g/mol. The van der Waals surface area contributed by atoms with Crippen LogP contribution in [-0.4, -0.2) is 222 Å². The largest absolute Gasteiger partial charge is 0.394 e. The third kappa shape index (κ3) is 8.59. The molecule has 0 aromatic heterocycles. The van der Waals surface area contributed by atoms with E-state index < -0.39 is 158 Å². The molecular formula is C51H80O22. The average Bonchev–Trinajstić information content (AvgIpc) is 3.84. The Hall–Kier alpha value is -1.43. The van der Waals surface area contributed by atoms with Gasteiger partial charge in [0, 0.05) is 17.8 Å². The Bertz CT molecular complexity index is 2020. The Morgan fingerprint density at radius 1 is 0.616 bits per heavy atom. The van der Waals surface area contributed by atoms with Gasteiger partial charge in [0.1, 0.15) is 91.2 Å². The van der Waals surface area contributed by atoms with Crippen molar-refractivity contribution in [1.82, 2.24) is 0 Å². The van der Waals surface area contributed by atoms with Crippen LogP contribution in [0.15, 0.2) is 11.1 Å². The lowest BCUT2D eigenvalue weighted by Gasteiger charge is -2.55. The van der Waals surface area contributed by atoms with E-state index in [2.05, 4.69) is 27.7 Å². The molecule has 416 valence electrons. The summed E-state index contributed by atoms with van der Waals surface area (Å²) in [7, 11) is 0. The van der Waals surface area contributed by atoms with Crippen molar-refractivity contribution in [3.8, 4) is 0 Å². The Labute approximate surface area is 424 Å². The fraction of sp³-hybridized carbons (Fsp3) is 0.941. The van der Waals surface area contributed by atoms with Gasteiger partial charge in [-0.2, -0.15) is 0 Å². The average molecular weight is 1050 g/mol. The first-order valence-electron chi connectivity index (χ1n) is 26.6. The van der Waals surface area contributed by atoms with Crippen molar-refractivity contribution < 1.29 is 108 Å².